The lowest BCUT2D eigenvalue weighted by atomic mass is 9.37. The molecule has 45 heavy (non-hydrogen) atoms. The third-order valence-electron chi connectivity index (χ3n) is 11.0. The summed E-state index contributed by atoms with van der Waals surface area (Å²) in [6.07, 6.45) is -4.26. The molecule has 1 unspecified atom stereocenters. The largest absolute Gasteiger partial charge is 0.462 e. The molecule has 6 rings (SSSR count). The third-order valence-corrected chi connectivity index (χ3v) is 11.0. The van der Waals surface area contributed by atoms with Gasteiger partial charge in [0, 0.05) is 33.6 Å². The number of hydrogen-bond donors (Lipinski definition) is 1. The van der Waals surface area contributed by atoms with Gasteiger partial charge in [-0.1, -0.05) is 25.1 Å². The number of rotatable bonds is 5. The Kier molecular flexibility index (Phi) is 6.84. The maximum atomic E-state index is 14.3. The lowest BCUT2D eigenvalue weighted by Gasteiger charge is -2.74. The van der Waals surface area contributed by atoms with Crippen molar-refractivity contribution in [2.75, 3.05) is 6.61 Å². The molecule has 2 aliphatic heterocycles. The summed E-state index contributed by atoms with van der Waals surface area (Å²) in [5, 5.41) is 13.1. The van der Waals surface area contributed by atoms with Gasteiger partial charge in [0.2, 0.25) is 0 Å². The van der Waals surface area contributed by atoms with Crippen molar-refractivity contribution in [3.8, 4) is 0 Å². The minimum Gasteiger partial charge on any atom is -0.462 e. The number of cyclic esters (lactones) is 1. The number of esters is 5. The smallest absolute Gasteiger partial charge is 0.343 e. The Morgan fingerprint density at radius 3 is 2.13 bits per heavy atom. The first-order valence-corrected chi connectivity index (χ1v) is 15.1. The second-order valence-corrected chi connectivity index (χ2v) is 13.6. The molecule has 2 saturated carbocycles. The molecule has 1 aromatic carbocycles. The first-order chi connectivity index (χ1) is 21.0. The van der Waals surface area contributed by atoms with Crippen molar-refractivity contribution in [3.63, 3.8) is 0 Å². The molecule has 0 radical (unpaired) electrons. The number of aliphatic hydroxyl groups is 1. The zero-order valence-corrected chi connectivity index (χ0v) is 26.3. The van der Waals surface area contributed by atoms with Gasteiger partial charge < -0.3 is 33.5 Å². The van der Waals surface area contributed by atoms with Gasteiger partial charge in [-0.2, -0.15) is 0 Å². The van der Waals surface area contributed by atoms with Crippen LogP contribution >= 0.6 is 0 Å². The van der Waals surface area contributed by atoms with Gasteiger partial charge in [0.05, 0.1) is 28.9 Å². The minimum absolute atomic E-state index is 0.0183. The van der Waals surface area contributed by atoms with Gasteiger partial charge in [0.15, 0.2) is 11.2 Å². The summed E-state index contributed by atoms with van der Waals surface area (Å²) in [7, 11) is 0. The monoisotopic (exact) mass is 626 g/mol. The van der Waals surface area contributed by atoms with Crippen LogP contribution < -0.4 is 0 Å². The lowest BCUT2D eigenvalue weighted by Crippen LogP contribution is -2.87. The molecule has 0 amide bonds. The van der Waals surface area contributed by atoms with E-state index in [0.29, 0.717) is 5.57 Å². The van der Waals surface area contributed by atoms with Crippen LogP contribution in [0, 0.1) is 16.7 Å². The molecule has 0 spiro atoms. The van der Waals surface area contributed by atoms with E-state index in [1.54, 1.807) is 58.0 Å². The van der Waals surface area contributed by atoms with E-state index < -0.39 is 87.8 Å². The summed E-state index contributed by atoms with van der Waals surface area (Å²) in [4.78, 5) is 66.0. The van der Waals surface area contributed by atoms with Crippen LogP contribution in [0.4, 0.5) is 0 Å². The highest BCUT2D eigenvalue weighted by Crippen LogP contribution is 2.76. The second kappa shape index (κ2) is 9.86. The van der Waals surface area contributed by atoms with Crippen molar-refractivity contribution in [1.29, 1.82) is 0 Å². The first kappa shape index (κ1) is 31.2. The Bertz CT molecular complexity index is 1530. The fourth-order valence-corrected chi connectivity index (χ4v) is 9.24. The van der Waals surface area contributed by atoms with Crippen LogP contribution in [0.1, 0.15) is 71.7 Å². The molecule has 2 bridgehead atoms. The van der Waals surface area contributed by atoms with E-state index in [-0.39, 0.29) is 30.6 Å². The molecule has 5 aliphatic rings. The quantitative estimate of drug-likeness (QED) is 0.289. The van der Waals surface area contributed by atoms with E-state index in [4.69, 9.17) is 28.4 Å². The average Bonchev–Trinajstić information content (AvgIpc) is 3.24. The van der Waals surface area contributed by atoms with E-state index in [9.17, 15) is 29.1 Å². The Balaban J connectivity index is 1.70. The summed E-state index contributed by atoms with van der Waals surface area (Å²) < 4.78 is 36.3. The number of ether oxygens (including phenoxy) is 6. The maximum absolute atomic E-state index is 14.3. The molecule has 1 aromatic rings. The summed E-state index contributed by atoms with van der Waals surface area (Å²) in [6.45, 7) is 10.1. The van der Waals surface area contributed by atoms with Crippen molar-refractivity contribution in [1.82, 2.24) is 0 Å². The molecular weight excluding hydrogens is 588 g/mol. The Labute approximate surface area is 260 Å². The van der Waals surface area contributed by atoms with E-state index in [1.165, 1.54) is 20.8 Å². The fraction of sp³-hybridized carbons (Fsp3) is 0.606. The zero-order valence-electron chi connectivity index (χ0n) is 26.3. The molecule has 9 atom stereocenters. The average molecular weight is 627 g/mol. The number of hydrogen-bond acceptors (Lipinski definition) is 12. The molecule has 1 N–H and O–H groups in total. The lowest BCUT2D eigenvalue weighted by molar-refractivity contribution is -0.381. The van der Waals surface area contributed by atoms with E-state index in [0.717, 1.165) is 0 Å². The number of carbonyl (C=O) groups is 5. The van der Waals surface area contributed by atoms with Crippen LogP contribution in [-0.2, 0) is 47.6 Å². The molecule has 2 heterocycles. The molecule has 242 valence electrons. The molecule has 0 aromatic heterocycles. The number of fused-ring (bicyclic) bond motifs is 4. The highest BCUT2D eigenvalue weighted by Gasteiger charge is 2.88. The summed E-state index contributed by atoms with van der Waals surface area (Å²) in [5.74, 6) is -4.81. The van der Waals surface area contributed by atoms with Crippen LogP contribution in [0.15, 0.2) is 41.5 Å². The van der Waals surface area contributed by atoms with Gasteiger partial charge >= 0.3 is 29.8 Å². The molecule has 12 heteroatoms. The van der Waals surface area contributed by atoms with Gasteiger partial charge in [-0.25, -0.2) is 9.59 Å². The highest BCUT2D eigenvalue weighted by atomic mass is 16.6. The van der Waals surface area contributed by atoms with Crippen LogP contribution in [0.3, 0.4) is 0 Å². The Morgan fingerprint density at radius 1 is 0.933 bits per heavy atom. The molecular formula is C33H38O12. The maximum Gasteiger partial charge on any atom is 0.343 e. The topological polar surface area (TPSA) is 161 Å². The fourth-order valence-electron chi connectivity index (χ4n) is 9.24. The second-order valence-electron chi connectivity index (χ2n) is 13.6. The zero-order chi connectivity index (χ0) is 32.9. The summed E-state index contributed by atoms with van der Waals surface area (Å²) >= 11 is 0. The Hall–Kier alpha value is -3.77. The van der Waals surface area contributed by atoms with Crippen LogP contribution in [0.5, 0.6) is 0 Å². The summed E-state index contributed by atoms with van der Waals surface area (Å²) in [5.41, 5.74) is -7.91. The molecule has 12 nitrogen and oxygen atoms in total. The van der Waals surface area contributed by atoms with Gasteiger partial charge in [0.1, 0.15) is 30.0 Å². The molecule has 4 fully saturated rings. The highest BCUT2D eigenvalue weighted by molar-refractivity contribution is 5.92. The van der Waals surface area contributed by atoms with Crippen LogP contribution in [0.2, 0.25) is 0 Å². The first-order valence-electron chi connectivity index (χ1n) is 15.1. The number of carbonyl (C=O) groups excluding carboxylic acids is 5. The minimum atomic E-state index is -2.49. The van der Waals surface area contributed by atoms with Crippen molar-refractivity contribution < 1.29 is 57.5 Å². The van der Waals surface area contributed by atoms with Crippen molar-refractivity contribution in [2.24, 2.45) is 16.7 Å². The van der Waals surface area contributed by atoms with Crippen LogP contribution in [0.25, 0.3) is 0 Å². The van der Waals surface area contributed by atoms with E-state index in [1.807, 2.05) is 0 Å². The SMILES string of the molecule is CC(=O)O[C@H]1C[C@]23C(=C1C)[C@](O)(C(=O)OC2(C)C)[C@@]1(C)C([C@@H]3OC(=O)c2ccccc2)[C@]2(OC(C)=O)CO[C@@H]2C[C@@H]1OC(C)=O. The predicted octanol–water partition coefficient (Wildman–Crippen LogP) is 2.59. The van der Waals surface area contributed by atoms with Crippen molar-refractivity contribution in [3.05, 3.63) is 47.0 Å². The summed E-state index contributed by atoms with van der Waals surface area (Å²) in [6, 6.07) is 8.28. The van der Waals surface area contributed by atoms with Gasteiger partial charge in [-0.15, -0.1) is 0 Å². The molecule has 3 aliphatic carbocycles. The van der Waals surface area contributed by atoms with Crippen molar-refractivity contribution >= 4 is 29.8 Å². The standard InChI is InChI=1S/C33H38O12/c1-16-21(41-17(2)34)14-31-24(16)33(39,28(38)45-29(31,5)6)30(7)22(42-18(3)35)13-23-32(15-40-23,44-19(4)36)25(30)26(31)43-27(37)20-11-9-8-10-12-20/h8-12,21-23,25-26,39H,13-15H2,1-7H3/t21-,22-,23+,25?,26-,30+,31+,32-,33-/m0/s1. The van der Waals surface area contributed by atoms with E-state index >= 15 is 0 Å². The Morgan fingerprint density at radius 2 is 1.58 bits per heavy atom. The third kappa shape index (κ3) is 3.87. The molecule has 2 saturated heterocycles. The van der Waals surface area contributed by atoms with Gasteiger partial charge in [-0.05, 0) is 44.1 Å². The van der Waals surface area contributed by atoms with Crippen LogP contribution in [-0.4, -0.2) is 82.8 Å². The van der Waals surface area contributed by atoms with Gasteiger partial charge in [-0.3, -0.25) is 14.4 Å². The van der Waals surface area contributed by atoms with Crippen molar-refractivity contribution in [2.45, 2.75) is 103 Å². The van der Waals surface area contributed by atoms with E-state index in [2.05, 4.69) is 0 Å². The normalized spacial score (nSPS) is 40.4. The predicted molar refractivity (Wildman–Crippen MR) is 152 cm³/mol. The number of benzene rings is 1. The van der Waals surface area contributed by atoms with Gasteiger partial charge in [0.25, 0.3) is 0 Å².